The van der Waals surface area contributed by atoms with Crippen molar-refractivity contribution in [2.45, 2.75) is 90.9 Å². The molecule has 1 aromatic heterocycles. The zero-order valence-corrected chi connectivity index (χ0v) is 20.8. The molecule has 5 atom stereocenters. The van der Waals surface area contributed by atoms with Gasteiger partial charge in [0.15, 0.2) is 0 Å². The summed E-state index contributed by atoms with van der Waals surface area (Å²) in [5, 5.41) is 9.44. The SMILES string of the molecule is C#CCC(C#N)COP([C@@H]1C[C@H](n2cc(C)c(=O)[nH]c2=O)O[C@@H]1CC)N(C(C)C)C(C)C. The smallest absolute Gasteiger partial charge is 0.330 e. The van der Waals surface area contributed by atoms with E-state index >= 15 is 0 Å². The molecule has 2 unspecified atom stereocenters. The van der Waals surface area contributed by atoms with E-state index in [1.165, 1.54) is 4.57 Å². The van der Waals surface area contributed by atoms with E-state index in [-0.39, 0.29) is 41.9 Å². The monoisotopic (exact) mass is 462 g/mol. The number of nitrogens with zero attached hydrogens (tertiary/aromatic N) is 3. The number of aromatic nitrogens is 2. The molecule has 0 amide bonds. The zero-order valence-electron chi connectivity index (χ0n) is 19.9. The molecule has 0 aromatic carbocycles. The molecule has 1 aliphatic heterocycles. The number of H-pyrrole nitrogens is 1. The maximum absolute atomic E-state index is 12.5. The first-order valence-electron chi connectivity index (χ1n) is 11.1. The van der Waals surface area contributed by atoms with E-state index in [4.69, 9.17) is 15.7 Å². The quantitative estimate of drug-likeness (QED) is 0.422. The number of aromatic amines is 1. The maximum Gasteiger partial charge on any atom is 0.330 e. The van der Waals surface area contributed by atoms with Gasteiger partial charge in [-0.3, -0.25) is 19.0 Å². The van der Waals surface area contributed by atoms with Gasteiger partial charge >= 0.3 is 5.69 Å². The fourth-order valence-electron chi connectivity index (χ4n) is 4.12. The minimum Gasteiger partial charge on any atom is -0.354 e. The standard InChI is InChI=1S/C23H35N4O4P/c1-8-10-18(12-24)14-30-32(27(15(3)4)16(5)6)20-11-21(31-19(20)9-2)26-13-17(7)22(28)25-23(26)29/h1,13,15-16,18-21H,9-11,14H2,2-7H3,(H,25,28,29)/t18?,19-,20-,21-,32?/m1/s1. The summed E-state index contributed by atoms with van der Waals surface area (Å²) in [6.07, 6.45) is 8.06. The number of nitriles is 1. The third-order valence-corrected chi connectivity index (χ3v) is 8.49. The molecule has 0 bridgehead atoms. The summed E-state index contributed by atoms with van der Waals surface area (Å²) in [5.41, 5.74) is -0.371. The molecular weight excluding hydrogens is 427 g/mol. The molecular formula is C23H35N4O4P. The van der Waals surface area contributed by atoms with Crippen molar-refractivity contribution < 1.29 is 9.26 Å². The van der Waals surface area contributed by atoms with Gasteiger partial charge in [-0.1, -0.05) is 6.92 Å². The molecule has 0 spiro atoms. The molecule has 0 radical (unpaired) electrons. The molecule has 8 nitrogen and oxygen atoms in total. The highest BCUT2D eigenvalue weighted by atomic mass is 31.2. The Morgan fingerprint density at radius 2 is 2.03 bits per heavy atom. The topological polar surface area (TPSA) is 100 Å². The van der Waals surface area contributed by atoms with Crippen molar-refractivity contribution in [3.63, 3.8) is 0 Å². The van der Waals surface area contributed by atoms with Crippen LogP contribution in [0.15, 0.2) is 15.8 Å². The molecule has 32 heavy (non-hydrogen) atoms. The first-order chi connectivity index (χ1) is 15.1. The lowest BCUT2D eigenvalue weighted by Crippen LogP contribution is -2.38. The first kappa shape index (κ1) is 26.3. The van der Waals surface area contributed by atoms with Gasteiger partial charge in [0.2, 0.25) is 0 Å². The van der Waals surface area contributed by atoms with E-state index in [9.17, 15) is 14.9 Å². The Morgan fingerprint density at radius 3 is 2.56 bits per heavy atom. The largest absolute Gasteiger partial charge is 0.354 e. The molecule has 176 valence electrons. The van der Waals surface area contributed by atoms with Crippen LogP contribution in [0.25, 0.3) is 0 Å². The van der Waals surface area contributed by atoms with Gasteiger partial charge in [0, 0.05) is 42.3 Å². The lowest BCUT2D eigenvalue weighted by Gasteiger charge is -2.41. The molecule has 2 heterocycles. The van der Waals surface area contributed by atoms with Gasteiger partial charge < -0.3 is 9.26 Å². The van der Waals surface area contributed by atoms with Gasteiger partial charge in [0.05, 0.1) is 24.7 Å². The second-order valence-corrected chi connectivity index (χ2v) is 10.7. The van der Waals surface area contributed by atoms with Crippen LogP contribution in [0.2, 0.25) is 0 Å². The summed E-state index contributed by atoms with van der Waals surface area (Å²) >= 11 is 0. The molecule has 1 aliphatic rings. The number of hydrogen-bond donors (Lipinski definition) is 1. The summed E-state index contributed by atoms with van der Waals surface area (Å²) in [6, 6.07) is 2.69. The van der Waals surface area contributed by atoms with Crippen LogP contribution in [0.3, 0.4) is 0 Å². The Hall–Kier alpha value is -1.96. The summed E-state index contributed by atoms with van der Waals surface area (Å²) in [5.74, 6) is 2.18. The van der Waals surface area contributed by atoms with Crippen molar-refractivity contribution in [2.75, 3.05) is 6.61 Å². The van der Waals surface area contributed by atoms with Crippen LogP contribution >= 0.6 is 8.30 Å². The average molecular weight is 463 g/mol. The Balaban J connectivity index is 2.39. The molecule has 1 fully saturated rings. The first-order valence-corrected chi connectivity index (χ1v) is 12.4. The van der Waals surface area contributed by atoms with E-state index in [2.05, 4.69) is 56.3 Å². The van der Waals surface area contributed by atoms with E-state index in [0.29, 0.717) is 18.4 Å². The van der Waals surface area contributed by atoms with E-state index in [1.807, 2.05) is 0 Å². The van der Waals surface area contributed by atoms with Crippen molar-refractivity contribution in [1.29, 1.82) is 5.26 Å². The van der Waals surface area contributed by atoms with Crippen molar-refractivity contribution in [1.82, 2.24) is 14.2 Å². The van der Waals surface area contributed by atoms with E-state index < -0.39 is 20.2 Å². The zero-order chi connectivity index (χ0) is 24.0. The van der Waals surface area contributed by atoms with Gasteiger partial charge in [-0.25, -0.2) is 4.79 Å². The minimum absolute atomic E-state index is 0.0362. The van der Waals surface area contributed by atoms with Gasteiger partial charge in [-0.2, -0.15) is 5.26 Å². The van der Waals surface area contributed by atoms with Gasteiger partial charge in [-0.15, -0.1) is 12.3 Å². The fraction of sp³-hybridized carbons (Fsp3) is 0.696. The highest BCUT2D eigenvalue weighted by Crippen LogP contribution is 2.56. The Bertz CT molecular complexity index is 950. The Labute approximate surface area is 191 Å². The van der Waals surface area contributed by atoms with Gasteiger partial charge in [0.1, 0.15) is 14.5 Å². The summed E-state index contributed by atoms with van der Waals surface area (Å²) in [4.78, 5) is 26.6. The number of hydrogen-bond acceptors (Lipinski definition) is 6. The normalized spacial score (nSPS) is 22.8. The highest BCUT2D eigenvalue weighted by Gasteiger charge is 2.45. The van der Waals surface area contributed by atoms with Crippen molar-refractivity contribution in [3.05, 3.63) is 32.6 Å². The molecule has 0 aliphatic carbocycles. The van der Waals surface area contributed by atoms with Crippen molar-refractivity contribution in [2.24, 2.45) is 5.92 Å². The van der Waals surface area contributed by atoms with Crippen molar-refractivity contribution >= 4 is 8.30 Å². The minimum atomic E-state index is -1.14. The lowest BCUT2D eigenvalue weighted by atomic mass is 10.1. The van der Waals surface area contributed by atoms with E-state index in [0.717, 1.165) is 6.42 Å². The Morgan fingerprint density at radius 1 is 1.38 bits per heavy atom. The number of aryl methyl sites for hydroxylation is 1. The molecule has 1 aromatic rings. The predicted molar refractivity (Wildman–Crippen MR) is 126 cm³/mol. The molecule has 1 saturated heterocycles. The van der Waals surface area contributed by atoms with Crippen LogP contribution < -0.4 is 11.2 Å². The summed E-state index contributed by atoms with van der Waals surface area (Å²) in [7, 11) is -1.14. The van der Waals surface area contributed by atoms with Crippen LogP contribution in [0, 0.1) is 36.5 Å². The second-order valence-electron chi connectivity index (χ2n) is 8.72. The highest BCUT2D eigenvalue weighted by molar-refractivity contribution is 7.51. The molecule has 0 saturated carbocycles. The third kappa shape index (κ3) is 6.09. The molecule has 9 heteroatoms. The fourth-order valence-corrected chi connectivity index (χ4v) is 6.96. The number of terminal acetylenes is 1. The van der Waals surface area contributed by atoms with Gasteiger partial charge in [0.25, 0.3) is 5.56 Å². The van der Waals surface area contributed by atoms with Crippen LogP contribution in [0.1, 0.15) is 65.7 Å². The van der Waals surface area contributed by atoms with Gasteiger partial charge in [-0.05, 0) is 41.0 Å². The van der Waals surface area contributed by atoms with Crippen LogP contribution in [0.5, 0.6) is 0 Å². The number of ether oxygens (including phenoxy) is 1. The van der Waals surface area contributed by atoms with E-state index in [1.54, 1.807) is 13.1 Å². The Kier molecular flexibility index (Phi) is 9.67. The number of rotatable bonds is 10. The van der Waals surface area contributed by atoms with Crippen LogP contribution in [-0.4, -0.2) is 44.7 Å². The van der Waals surface area contributed by atoms with Crippen molar-refractivity contribution in [3.8, 4) is 18.4 Å². The predicted octanol–water partition coefficient (Wildman–Crippen LogP) is 3.52. The third-order valence-electron chi connectivity index (χ3n) is 5.59. The maximum atomic E-state index is 12.5. The summed E-state index contributed by atoms with van der Waals surface area (Å²) < 4.78 is 16.6. The average Bonchev–Trinajstić information content (AvgIpc) is 3.15. The van der Waals surface area contributed by atoms with Crippen LogP contribution in [-0.2, 0) is 9.26 Å². The number of nitrogens with one attached hydrogen (secondary N) is 1. The second kappa shape index (κ2) is 11.8. The van der Waals surface area contributed by atoms with Crippen LogP contribution in [0.4, 0.5) is 0 Å². The molecule has 2 rings (SSSR count). The lowest BCUT2D eigenvalue weighted by molar-refractivity contribution is -0.00223. The molecule has 1 N–H and O–H groups in total. The summed E-state index contributed by atoms with van der Waals surface area (Å²) in [6.45, 7) is 12.5.